The summed E-state index contributed by atoms with van der Waals surface area (Å²) in [7, 11) is 0. The third kappa shape index (κ3) is 3.37. The quantitative estimate of drug-likeness (QED) is 0.536. The average Bonchev–Trinajstić information content (AvgIpc) is 2.99. The summed E-state index contributed by atoms with van der Waals surface area (Å²) in [5.74, 6) is 0. The van der Waals surface area contributed by atoms with Crippen LogP contribution in [-0.4, -0.2) is 9.91 Å². The van der Waals surface area contributed by atoms with Gasteiger partial charge in [0.25, 0.3) is 5.69 Å². The van der Waals surface area contributed by atoms with Gasteiger partial charge in [-0.3, -0.25) is 10.1 Å². The highest BCUT2D eigenvalue weighted by molar-refractivity contribution is 7.14. The lowest BCUT2D eigenvalue weighted by atomic mass is 10.1. The molecule has 0 amide bonds. The van der Waals surface area contributed by atoms with Gasteiger partial charge in [0.1, 0.15) is 0 Å². The van der Waals surface area contributed by atoms with Crippen molar-refractivity contribution in [2.75, 3.05) is 5.32 Å². The summed E-state index contributed by atoms with van der Waals surface area (Å²) in [5, 5.41) is 16.8. The van der Waals surface area contributed by atoms with Crippen molar-refractivity contribution < 1.29 is 4.92 Å². The SMILES string of the molecule is Cc1ccc(Nc2nc(-c3cccc([N+](=O)[O-])c3)cs2)cc1C. The maximum atomic E-state index is 10.9. The largest absolute Gasteiger partial charge is 0.332 e. The van der Waals surface area contributed by atoms with Gasteiger partial charge in [0.2, 0.25) is 0 Å². The van der Waals surface area contributed by atoms with Crippen molar-refractivity contribution in [2.45, 2.75) is 13.8 Å². The number of aromatic nitrogens is 1. The fourth-order valence-corrected chi connectivity index (χ4v) is 2.93. The molecule has 0 aliphatic carbocycles. The average molecular weight is 325 g/mol. The van der Waals surface area contributed by atoms with Crippen molar-refractivity contribution in [2.24, 2.45) is 0 Å². The Labute approximate surface area is 137 Å². The van der Waals surface area contributed by atoms with Crippen LogP contribution in [0, 0.1) is 24.0 Å². The molecule has 1 aromatic heterocycles. The molecule has 0 saturated heterocycles. The van der Waals surface area contributed by atoms with Crippen LogP contribution in [0.15, 0.2) is 47.8 Å². The van der Waals surface area contributed by atoms with E-state index < -0.39 is 4.92 Å². The van der Waals surface area contributed by atoms with Crippen molar-refractivity contribution in [1.29, 1.82) is 0 Å². The van der Waals surface area contributed by atoms with Gasteiger partial charge in [0.15, 0.2) is 5.13 Å². The Kier molecular flexibility index (Phi) is 4.08. The number of nitrogens with one attached hydrogen (secondary N) is 1. The van der Waals surface area contributed by atoms with E-state index in [1.807, 2.05) is 17.5 Å². The molecule has 23 heavy (non-hydrogen) atoms. The van der Waals surface area contributed by atoms with Crippen LogP contribution in [0.3, 0.4) is 0 Å². The molecule has 0 radical (unpaired) electrons. The number of anilines is 2. The lowest BCUT2D eigenvalue weighted by Crippen LogP contribution is -1.92. The molecule has 0 unspecified atom stereocenters. The summed E-state index contributed by atoms with van der Waals surface area (Å²) in [6, 6.07) is 12.7. The van der Waals surface area contributed by atoms with Gasteiger partial charge >= 0.3 is 0 Å². The third-order valence-electron chi connectivity index (χ3n) is 3.62. The number of nitro groups is 1. The zero-order chi connectivity index (χ0) is 16.4. The van der Waals surface area contributed by atoms with E-state index in [9.17, 15) is 10.1 Å². The molecule has 1 heterocycles. The highest BCUT2D eigenvalue weighted by Gasteiger charge is 2.10. The van der Waals surface area contributed by atoms with Crippen LogP contribution in [0.1, 0.15) is 11.1 Å². The van der Waals surface area contributed by atoms with Gasteiger partial charge in [-0.05, 0) is 37.1 Å². The maximum Gasteiger partial charge on any atom is 0.270 e. The molecule has 0 saturated carbocycles. The Morgan fingerprint density at radius 1 is 1.13 bits per heavy atom. The fourth-order valence-electron chi connectivity index (χ4n) is 2.19. The van der Waals surface area contributed by atoms with Crippen molar-refractivity contribution in [1.82, 2.24) is 4.98 Å². The van der Waals surface area contributed by atoms with Gasteiger partial charge in [-0.2, -0.15) is 0 Å². The van der Waals surface area contributed by atoms with Gasteiger partial charge in [0.05, 0.1) is 10.6 Å². The molecule has 1 N–H and O–H groups in total. The zero-order valence-corrected chi connectivity index (χ0v) is 13.6. The first-order valence-electron chi connectivity index (χ1n) is 7.07. The van der Waals surface area contributed by atoms with Crippen LogP contribution in [0.2, 0.25) is 0 Å². The summed E-state index contributed by atoms with van der Waals surface area (Å²) in [5.41, 5.74) is 4.97. The number of benzene rings is 2. The zero-order valence-electron chi connectivity index (χ0n) is 12.7. The molecule has 0 spiro atoms. The van der Waals surface area contributed by atoms with Crippen LogP contribution < -0.4 is 5.32 Å². The second-order valence-corrected chi connectivity index (χ2v) is 6.13. The number of rotatable bonds is 4. The van der Waals surface area contributed by atoms with Crippen molar-refractivity contribution in [3.63, 3.8) is 0 Å². The summed E-state index contributed by atoms with van der Waals surface area (Å²) < 4.78 is 0. The smallest absolute Gasteiger partial charge is 0.270 e. The molecule has 116 valence electrons. The van der Waals surface area contributed by atoms with E-state index in [1.165, 1.54) is 34.6 Å². The summed E-state index contributed by atoms with van der Waals surface area (Å²) in [4.78, 5) is 15.0. The first kappa shape index (κ1) is 15.2. The van der Waals surface area contributed by atoms with Crippen molar-refractivity contribution in [3.8, 4) is 11.3 Å². The molecule has 5 nitrogen and oxygen atoms in total. The Bertz CT molecular complexity index is 874. The molecular formula is C17H15N3O2S. The Balaban J connectivity index is 1.84. The monoisotopic (exact) mass is 325 g/mol. The number of hydrogen-bond acceptors (Lipinski definition) is 5. The second-order valence-electron chi connectivity index (χ2n) is 5.27. The topological polar surface area (TPSA) is 68.1 Å². The number of non-ortho nitro benzene ring substituents is 1. The molecule has 0 fully saturated rings. The molecule has 2 aromatic carbocycles. The molecule has 0 aliphatic heterocycles. The van der Waals surface area contributed by atoms with E-state index in [-0.39, 0.29) is 5.69 Å². The first-order valence-corrected chi connectivity index (χ1v) is 7.95. The molecular weight excluding hydrogens is 310 g/mol. The molecule has 0 bridgehead atoms. The predicted molar refractivity (Wildman–Crippen MR) is 93.4 cm³/mol. The lowest BCUT2D eigenvalue weighted by molar-refractivity contribution is -0.384. The number of nitrogens with zero attached hydrogens (tertiary/aromatic N) is 2. The molecule has 0 aliphatic rings. The lowest BCUT2D eigenvalue weighted by Gasteiger charge is -2.05. The van der Waals surface area contributed by atoms with E-state index in [0.717, 1.165) is 22.1 Å². The summed E-state index contributed by atoms with van der Waals surface area (Å²) in [6.45, 7) is 4.14. The normalized spacial score (nSPS) is 10.5. The van der Waals surface area contributed by atoms with E-state index in [0.29, 0.717) is 0 Å². The minimum absolute atomic E-state index is 0.0687. The van der Waals surface area contributed by atoms with Crippen LogP contribution in [0.25, 0.3) is 11.3 Å². The van der Waals surface area contributed by atoms with E-state index in [1.54, 1.807) is 6.07 Å². The van der Waals surface area contributed by atoms with Crippen LogP contribution in [-0.2, 0) is 0 Å². The highest BCUT2D eigenvalue weighted by Crippen LogP contribution is 2.29. The van der Waals surface area contributed by atoms with Crippen LogP contribution in [0.4, 0.5) is 16.5 Å². The second kappa shape index (κ2) is 6.18. The maximum absolute atomic E-state index is 10.9. The predicted octanol–water partition coefficient (Wildman–Crippen LogP) is 5.08. The Hall–Kier alpha value is -2.73. The number of thiazole rings is 1. The van der Waals surface area contributed by atoms with Crippen LogP contribution >= 0.6 is 11.3 Å². The van der Waals surface area contributed by atoms with Crippen molar-refractivity contribution >= 4 is 27.8 Å². The van der Waals surface area contributed by atoms with E-state index >= 15 is 0 Å². The highest BCUT2D eigenvalue weighted by atomic mass is 32.1. The van der Waals surface area contributed by atoms with E-state index in [4.69, 9.17) is 0 Å². The van der Waals surface area contributed by atoms with Gasteiger partial charge in [0, 0.05) is 28.8 Å². The number of aryl methyl sites for hydroxylation is 2. The van der Waals surface area contributed by atoms with Gasteiger partial charge in [-0.25, -0.2) is 4.98 Å². The van der Waals surface area contributed by atoms with Gasteiger partial charge in [-0.15, -0.1) is 11.3 Å². The number of nitro benzene ring substituents is 1. The molecule has 6 heteroatoms. The summed E-state index contributed by atoms with van der Waals surface area (Å²) >= 11 is 1.47. The Morgan fingerprint density at radius 3 is 2.70 bits per heavy atom. The molecule has 3 aromatic rings. The first-order chi connectivity index (χ1) is 11.0. The summed E-state index contributed by atoms with van der Waals surface area (Å²) in [6.07, 6.45) is 0. The molecule has 0 atom stereocenters. The van der Waals surface area contributed by atoms with Crippen molar-refractivity contribution in [3.05, 3.63) is 69.1 Å². The van der Waals surface area contributed by atoms with Gasteiger partial charge < -0.3 is 5.32 Å². The van der Waals surface area contributed by atoms with E-state index in [2.05, 4.69) is 36.3 Å². The minimum atomic E-state index is -0.399. The third-order valence-corrected chi connectivity index (χ3v) is 4.37. The standard InChI is InChI=1S/C17H15N3O2S/c1-11-6-7-14(8-12(11)2)18-17-19-16(10-23-17)13-4-3-5-15(9-13)20(21)22/h3-10H,1-2H3,(H,18,19). The minimum Gasteiger partial charge on any atom is -0.332 e. The molecule has 3 rings (SSSR count). The number of hydrogen-bond donors (Lipinski definition) is 1. The van der Waals surface area contributed by atoms with Gasteiger partial charge in [-0.1, -0.05) is 18.2 Å². The van der Waals surface area contributed by atoms with Crippen LogP contribution in [0.5, 0.6) is 0 Å². The fraction of sp³-hybridized carbons (Fsp3) is 0.118. The Morgan fingerprint density at radius 2 is 1.96 bits per heavy atom.